The molecule has 0 aromatic heterocycles. The summed E-state index contributed by atoms with van der Waals surface area (Å²) in [5.41, 5.74) is 2.27. The van der Waals surface area contributed by atoms with E-state index in [0.717, 1.165) is 50.4 Å². The van der Waals surface area contributed by atoms with Gasteiger partial charge in [0.15, 0.2) is 5.79 Å². The van der Waals surface area contributed by atoms with E-state index in [2.05, 4.69) is 34.1 Å². The zero-order valence-corrected chi connectivity index (χ0v) is 19.4. The second-order valence-electron chi connectivity index (χ2n) is 8.40. The molecule has 6 heteroatoms. The molecule has 1 saturated heterocycles. The van der Waals surface area contributed by atoms with Gasteiger partial charge in [0.25, 0.3) is 0 Å². The van der Waals surface area contributed by atoms with E-state index in [-0.39, 0.29) is 5.82 Å². The molecule has 0 amide bonds. The fraction of sp³-hybridized carbons (Fsp3) is 0.520. The van der Waals surface area contributed by atoms with Gasteiger partial charge in [0.2, 0.25) is 0 Å². The second kappa shape index (κ2) is 10.3. The van der Waals surface area contributed by atoms with Crippen LogP contribution in [0.5, 0.6) is 0 Å². The highest BCUT2D eigenvalue weighted by Gasteiger charge is 2.41. The van der Waals surface area contributed by atoms with Crippen molar-refractivity contribution < 1.29 is 13.9 Å². The van der Waals surface area contributed by atoms with Crippen molar-refractivity contribution in [1.29, 1.82) is 0 Å². The van der Waals surface area contributed by atoms with Crippen LogP contribution < -0.4 is 4.90 Å². The van der Waals surface area contributed by atoms with E-state index in [1.54, 1.807) is 26.4 Å². The first-order valence-corrected chi connectivity index (χ1v) is 12.1. The Kier molecular flexibility index (Phi) is 7.54. The molecule has 2 aliphatic rings. The van der Waals surface area contributed by atoms with Crippen LogP contribution in [-0.2, 0) is 15.3 Å². The molecular weight excluding hydrogens is 411 g/mol. The molecule has 31 heavy (non-hydrogen) atoms. The van der Waals surface area contributed by atoms with Gasteiger partial charge in [-0.2, -0.15) is 0 Å². The topological polar surface area (TPSA) is 24.9 Å². The monoisotopic (exact) mass is 444 g/mol. The number of halogens is 1. The maximum atomic E-state index is 13.1. The van der Waals surface area contributed by atoms with Crippen LogP contribution in [0, 0.1) is 5.82 Å². The minimum Gasteiger partial charge on any atom is -0.369 e. The molecule has 0 radical (unpaired) electrons. The molecule has 168 valence electrons. The van der Waals surface area contributed by atoms with Crippen LogP contribution in [-0.4, -0.2) is 57.1 Å². The van der Waals surface area contributed by atoms with Crippen molar-refractivity contribution >= 4 is 17.4 Å². The summed E-state index contributed by atoms with van der Waals surface area (Å²) in [6.07, 6.45) is 4.48. The number of fused-ring (bicyclic) bond motifs is 1. The molecule has 0 bridgehead atoms. The Morgan fingerprint density at radius 2 is 1.68 bits per heavy atom. The van der Waals surface area contributed by atoms with E-state index in [0.29, 0.717) is 5.25 Å². The van der Waals surface area contributed by atoms with Gasteiger partial charge < -0.3 is 14.4 Å². The highest BCUT2D eigenvalue weighted by Crippen LogP contribution is 2.47. The largest absolute Gasteiger partial charge is 0.369 e. The van der Waals surface area contributed by atoms with Gasteiger partial charge in [0, 0.05) is 68.2 Å². The molecule has 2 aromatic carbocycles. The molecule has 4 rings (SSSR count). The van der Waals surface area contributed by atoms with Crippen molar-refractivity contribution in [3.63, 3.8) is 0 Å². The number of hydrogen-bond acceptors (Lipinski definition) is 5. The third kappa shape index (κ3) is 5.25. The predicted octanol–water partition coefficient (Wildman–Crippen LogP) is 5.13. The van der Waals surface area contributed by atoms with E-state index < -0.39 is 5.79 Å². The number of benzene rings is 2. The molecular formula is C25H33FN2O2S. The lowest BCUT2D eigenvalue weighted by Crippen LogP contribution is -2.46. The molecule has 0 aliphatic carbocycles. The highest BCUT2D eigenvalue weighted by atomic mass is 32.2. The Morgan fingerprint density at radius 3 is 2.39 bits per heavy atom. The van der Waals surface area contributed by atoms with E-state index in [1.165, 1.54) is 24.2 Å². The van der Waals surface area contributed by atoms with Gasteiger partial charge in [0.1, 0.15) is 5.82 Å². The summed E-state index contributed by atoms with van der Waals surface area (Å²) < 4.78 is 24.9. The average molecular weight is 445 g/mol. The van der Waals surface area contributed by atoms with Crippen LogP contribution in [0.15, 0.2) is 53.4 Å². The number of hydrogen-bond donors (Lipinski definition) is 0. The van der Waals surface area contributed by atoms with E-state index in [4.69, 9.17) is 9.47 Å². The van der Waals surface area contributed by atoms with Gasteiger partial charge in [-0.3, -0.25) is 4.90 Å². The van der Waals surface area contributed by atoms with Crippen molar-refractivity contribution in [3.8, 4) is 0 Å². The maximum absolute atomic E-state index is 13.1. The summed E-state index contributed by atoms with van der Waals surface area (Å²) >= 11 is 1.97. The quantitative estimate of drug-likeness (QED) is 0.415. The molecule has 2 aromatic rings. The summed E-state index contributed by atoms with van der Waals surface area (Å²) in [7, 11) is 3.50. The van der Waals surface area contributed by atoms with E-state index in [9.17, 15) is 4.39 Å². The summed E-state index contributed by atoms with van der Waals surface area (Å²) in [6.45, 7) is 5.29. The first kappa shape index (κ1) is 22.6. The molecule has 1 fully saturated rings. The standard InChI is InChI=1S/C25H33FN2O2S/c1-29-25(30-2)19-22(31-24-9-4-3-8-23(24)25)7-5-6-14-27-15-17-28(18-16-27)21-12-10-20(26)11-13-21/h3-4,8-13,22H,5-7,14-19H2,1-2H3. The fourth-order valence-corrected chi connectivity index (χ4v) is 6.19. The maximum Gasteiger partial charge on any atom is 0.196 e. The summed E-state index contributed by atoms with van der Waals surface area (Å²) in [4.78, 5) is 6.18. The molecule has 1 unspecified atom stereocenters. The number of rotatable bonds is 8. The van der Waals surface area contributed by atoms with E-state index in [1.807, 2.05) is 23.9 Å². The number of ether oxygens (including phenoxy) is 2. The van der Waals surface area contributed by atoms with Crippen LogP contribution in [0.25, 0.3) is 0 Å². The van der Waals surface area contributed by atoms with Crippen LogP contribution in [0.4, 0.5) is 10.1 Å². The number of thioether (sulfide) groups is 1. The van der Waals surface area contributed by atoms with E-state index >= 15 is 0 Å². The second-order valence-corrected chi connectivity index (χ2v) is 9.74. The number of piperazine rings is 1. The van der Waals surface area contributed by atoms with Crippen LogP contribution in [0.2, 0.25) is 0 Å². The lowest BCUT2D eigenvalue weighted by atomic mass is 9.97. The number of anilines is 1. The van der Waals surface area contributed by atoms with Gasteiger partial charge >= 0.3 is 0 Å². The highest BCUT2D eigenvalue weighted by molar-refractivity contribution is 8.00. The average Bonchev–Trinajstić information content (AvgIpc) is 2.82. The van der Waals surface area contributed by atoms with Crippen molar-refractivity contribution in [2.75, 3.05) is 51.8 Å². The summed E-state index contributed by atoms with van der Waals surface area (Å²) in [6, 6.07) is 15.3. The molecule has 2 aliphatic heterocycles. The van der Waals surface area contributed by atoms with Gasteiger partial charge in [-0.15, -0.1) is 11.8 Å². The Bertz CT molecular complexity index is 836. The summed E-state index contributed by atoms with van der Waals surface area (Å²) in [5.74, 6) is -0.793. The third-order valence-corrected chi connectivity index (χ3v) is 7.91. The number of methoxy groups -OCH3 is 2. The van der Waals surface area contributed by atoms with Gasteiger partial charge in [-0.05, 0) is 49.7 Å². The minimum absolute atomic E-state index is 0.171. The first-order valence-electron chi connectivity index (χ1n) is 11.2. The van der Waals surface area contributed by atoms with Crippen molar-refractivity contribution in [2.45, 2.75) is 41.6 Å². The van der Waals surface area contributed by atoms with Crippen LogP contribution in [0.3, 0.4) is 0 Å². The lowest BCUT2D eigenvalue weighted by Gasteiger charge is -2.40. The molecule has 1 atom stereocenters. The normalized spacial score (nSPS) is 21.1. The Labute approximate surface area is 189 Å². The zero-order chi connectivity index (χ0) is 21.7. The molecule has 0 saturated carbocycles. The Morgan fingerprint density at radius 1 is 0.968 bits per heavy atom. The van der Waals surface area contributed by atoms with Gasteiger partial charge in [-0.1, -0.05) is 24.6 Å². The first-order chi connectivity index (χ1) is 15.1. The van der Waals surface area contributed by atoms with Crippen LogP contribution in [0.1, 0.15) is 31.2 Å². The molecule has 0 spiro atoms. The Balaban J connectivity index is 1.21. The van der Waals surface area contributed by atoms with Gasteiger partial charge in [0.05, 0.1) is 0 Å². The minimum atomic E-state index is -0.622. The number of nitrogens with zero attached hydrogens (tertiary/aromatic N) is 2. The zero-order valence-electron chi connectivity index (χ0n) is 18.6. The number of unbranched alkanes of at least 4 members (excludes halogenated alkanes) is 1. The molecule has 0 N–H and O–H groups in total. The van der Waals surface area contributed by atoms with Crippen molar-refractivity contribution in [3.05, 3.63) is 59.9 Å². The van der Waals surface area contributed by atoms with Crippen molar-refractivity contribution in [2.24, 2.45) is 0 Å². The fourth-order valence-electron chi connectivity index (χ4n) is 4.73. The van der Waals surface area contributed by atoms with Crippen molar-refractivity contribution in [1.82, 2.24) is 4.90 Å². The third-order valence-electron chi connectivity index (χ3n) is 6.56. The molecule has 4 nitrogen and oxygen atoms in total. The smallest absolute Gasteiger partial charge is 0.196 e. The molecule has 2 heterocycles. The van der Waals surface area contributed by atoms with Gasteiger partial charge in [-0.25, -0.2) is 4.39 Å². The Hall–Kier alpha value is -1.60. The SMILES string of the molecule is COC1(OC)CC(CCCCN2CCN(c3ccc(F)cc3)CC2)Sc2ccccc21. The predicted molar refractivity (Wildman–Crippen MR) is 125 cm³/mol. The lowest BCUT2D eigenvalue weighted by molar-refractivity contribution is -0.222. The van der Waals surface area contributed by atoms with Crippen LogP contribution >= 0.6 is 11.8 Å². The summed E-state index contributed by atoms with van der Waals surface area (Å²) in [5, 5.41) is 0.505.